The Kier molecular flexibility index (Phi) is 3.96. The summed E-state index contributed by atoms with van der Waals surface area (Å²) in [5.74, 6) is 0.314. The van der Waals surface area contributed by atoms with Gasteiger partial charge in [0.2, 0.25) is 11.8 Å². The van der Waals surface area contributed by atoms with Gasteiger partial charge in [-0.25, -0.2) is 0 Å². The first-order chi connectivity index (χ1) is 9.69. The molecule has 2 amide bonds. The number of hydrogen-bond donors (Lipinski definition) is 0. The minimum atomic E-state index is -0.0826. The SMILES string of the molecule is CCCN1CCN(C(=O)[C@@H]2CC(=O)N(C3CC3)C2)CC1. The van der Waals surface area contributed by atoms with Gasteiger partial charge in [0.15, 0.2) is 0 Å². The van der Waals surface area contributed by atoms with E-state index in [2.05, 4.69) is 11.8 Å². The van der Waals surface area contributed by atoms with Gasteiger partial charge in [-0.15, -0.1) is 0 Å². The first-order valence-electron chi connectivity index (χ1n) is 7.99. The number of piperazine rings is 1. The van der Waals surface area contributed by atoms with Crippen molar-refractivity contribution in [1.82, 2.24) is 14.7 Å². The zero-order valence-electron chi connectivity index (χ0n) is 12.4. The smallest absolute Gasteiger partial charge is 0.228 e. The van der Waals surface area contributed by atoms with E-state index in [1.165, 1.54) is 6.42 Å². The van der Waals surface area contributed by atoms with Crippen LogP contribution in [0, 0.1) is 5.92 Å². The second kappa shape index (κ2) is 5.72. The van der Waals surface area contributed by atoms with E-state index in [0.29, 0.717) is 19.0 Å². The summed E-state index contributed by atoms with van der Waals surface area (Å²) in [5, 5.41) is 0. The second-order valence-corrected chi connectivity index (χ2v) is 6.35. The molecule has 5 nitrogen and oxygen atoms in total. The molecule has 0 aromatic carbocycles. The second-order valence-electron chi connectivity index (χ2n) is 6.35. The van der Waals surface area contributed by atoms with Crippen molar-refractivity contribution in [3.8, 4) is 0 Å². The Hall–Kier alpha value is -1.10. The van der Waals surface area contributed by atoms with Gasteiger partial charge in [0, 0.05) is 45.2 Å². The predicted molar refractivity (Wildman–Crippen MR) is 76.2 cm³/mol. The average molecular weight is 279 g/mol. The van der Waals surface area contributed by atoms with Crippen LogP contribution in [-0.4, -0.2) is 71.8 Å². The summed E-state index contributed by atoms with van der Waals surface area (Å²) in [7, 11) is 0. The molecule has 5 heteroatoms. The van der Waals surface area contributed by atoms with Crippen LogP contribution in [0.25, 0.3) is 0 Å². The van der Waals surface area contributed by atoms with Gasteiger partial charge in [-0.2, -0.15) is 0 Å². The normalized spacial score (nSPS) is 28.2. The van der Waals surface area contributed by atoms with Gasteiger partial charge >= 0.3 is 0 Å². The molecule has 0 bridgehead atoms. The number of hydrogen-bond acceptors (Lipinski definition) is 3. The van der Waals surface area contributed by atoms with Crippen LogP contribution in [-0.2, 0) is 9.59 Å². The Morgan fingerprint density at radius 3 is 2.50 bits per heavy atom. The van der Waals surface area contributed by atoms with E-state index < -0.39 is 0 Å². The lowest BCUT2D eigenvalue weighted by molar-refractivity contribution is -0.137. The van der Waals surface area contributed by atoms with Crippen molar-refractivity contribution in [3.05, 3.63) is 0 Å². The van der Waals surface area contributed by atoms with Crippen LogP contribution in [0.1, 0.15) is 32.6 Å². The predicted octanol–water partition coefficient (Wildman–Crippen LogP) is 0.552. The molecule has 2 saturated heterocycles. The molecule has 0 aromatic heterocycles. The van der Waals surface area contributed by atoms with Crippen molar-refractivity contribution in [2.75, 3.05) is 39.3 Å². The summed E-state index contributed by atoms with van der Waals surface area (Å²) in [6.45, 7) is 7.59. The van der Waals surface area contributed by atoms with Crippen molar-refractivity contribution in [2.45, 2.75) is 38.6 Å². The molecule has 20 heavy (non-hydrogen) atoms. The number of rotatable bonds is 4. The highest BCUT2D eigenvalue weighted by Gasteiger charge is 2.43. The fourth-order valence-electron chi connectivity index (χ4n) is 3.40. The van der Waals surface area contributed by atoms with E-state index in [1.54, 1.807) is 0 Å². The van der Waals surface area contributed by atoms with E-state index in [0.717, 1.165) is 45.6 Å². The third kappa shape index (κ3) is 2.82. The van der Waals surface area contributed by atoms with E-state index in [9.17, 15) is 9.59 Å². The van der Waals surface area contributed by atoms with Crippen LogP contribution < -0.4 is 0 Å². The van der Waals surface area contributed by atoms with Crippen LogP contribution >= 0.6 is 0 Å². The summed E-state index contributed by atoms with van der Waals surface area (Å²) >= 11 is 0. The zero-order valence-corrected chi connectivity index (χ0v) is 12.4. The molecule has 1 aliphatic carbocycles. The molecular formula is C15H25N3O2. The molecule has 1 saturated carbocycles. The summed E-state index contributed by atoms with van der Waals surface area (Å²) in [6.07, 6.45) is 3.86. The number of amides is 2. The summed E-state index contributed by atoms with van der Waals surface area (Å²) < 4.78 is 0. The standard InChI is InChI=1S/C15H25N3O2/c1-2-5-16-6-8-17(9-7-16)15(20)12-10-14(19)18(11-12)13-3-4-13/h12-13H,2-11H2,1H3/t12-/m1/s1. The molecule has 0 unspecified atom stereocenters. The largest absolute Gasteiger partial charge is 0.340 e. The Balaban J connectivity index is 1.51. The third-order valence-corrected chi connectivity index (χ3v) is 4.72. The number of carbonyl (C=O) groups is 2. The Morgan fingerprint density at radius 1 is 1.20 bits per heavy atom. The zero-order chi connectivity index (χ0) is 14.1. The van der Waals surface area contributed by atoms with Crippen molar-refractivity contribution >= 4 is 11.8 Å². The number of likely N-dealkylation sites (tertiary alicyclic amines) is 1. The molecule has 2 aliphatic heterocycles. The Bertz CT molecular complexity index is 387. The summed E-state index contributed by atoms with van der Waals surface area (Å²) in [5.41, 5.74) is 0. The monoisotopic (exact) mass is 279 g/mol. The van der Waals surface area contributed by atoms with Crippen molar-refractivity contribution < 1.29 is 9.59 Å². The van der Waals surface area contributed by atoms with E-state index in [-0.39, 0.29) is 17.7 Å². The third-order valence-electron chi connectivity index (χ3n) is 4.72. The molecule has 2 heterocycles. The molecule has 0 spiro atoms. The van der Waals surface area contributed by atoms with Crippen LogP contribution in [0.15, 0.2) is 0 Å². The fraction of sp³-hybridized carbons (Fsp3) is 0.867. The topological polar surface area (TPSA) is 43.9 Å². The molecule has 3 rings (SSSR count). The maximum Gasteiger partial charge on any atom is 0.228 e. The highest BCUT2D eigenvalue weighted by atomic mass is 16.2. The molecular weight excluding hydrogens is 254 g/mol. The summed E-state index contributed by atoms with van der Waals surface area (Å²) in [4.78, 5) is 30.8. The molecule has 0 aromatic rings. The quantitative estimate of drug-likeness (QED) is 0.755. The van der Waals surface area contributed by atoms with Crippen molar-refractivity contribution in [1.29, 1.82) is 0 Å². The van der Waals surface area contributed by atoms with Gasteiger partial charge < -0.3 is 9.80 Å². The minimum Gasteiger partial charge on any atom is -0.340 e. The van der Waals surface area contributed by atoms with Gasteiger partial charge in [0.1, 0.15) is 0 Å². The first-order valence-corrected chi connectivity index (χ1v) is 7.99. The van der Waals surface area contributed by atoms with Gasteiger partial charge in [-0.3, -0.25) is 14.5 Å². The van der Waals surface area contributed by atoms with Crippen molar-refractivity contribution in [2.24, 2.45) is 5.92 Å². The van der Waals surface area contributed by atoms with Crippen LogP contribution in [0.5, 0.6) is 0 Å². The van der Waals surface area contributed by atoms with Crippen molar-refractivity contribution in [3.63, 3.8) is 0 Å². The molecule has 0 radical (unpaired) electrons. The molecule has 0 N–H and O–H groups in total. The van der Waals surface area contributed by atoms with Crippen LogP contribution in [0.3, 0.4) is 0 Å². The first kappa shape index (κ1) is 13.9. The Morgan fingerprint density at radius 2 is 1.90 bits per heavy atom. The Labute approximate surface area is 120 Å². The summed E-state index contributed by atoms with van der Waals surface area (Å²) in [6, 6.07) is 0.446. The maximum absolute atomic E-state index is 12.5. The van der Waals surface area contributed by atoms with Crippen LogP contribution in [0.4, 0.5) is 0 Å². The molecule has 3 fully saturated rings. The molecule has 112 valence electrons. The van der Waals surface area contributed by atoms with E-state index in [1.807, 2.05) is 9.80 Å². The fourth-order valence-corrected chi connectivity index (χ4v) is 3.40. The minimum absolute atomic E-state index is 0.0826. The van der Waals surface area contributed by atoms with Crippen LogP contribution in [0.2, 0.25) is 0 Å². The number of nitrogens with zero attached hydrogens (tertiary/aromatic N) is 3. The lowest BCUT2D eigenvalue weighted by Gasteiger charge is -2.35. The lowest BCUT2D eigenvalue weighted by Crippen LogP contribution is -2.50. The van der Waals surface area contributed by atoms with Gasteiger partial charge in [0.05, 0.1) is 5.92 Å². The average Bonchev–Trinajstić information content (AvgIpc) is 3.22. The number of carbonyl (C=O) groups excluding carboxylic acids is 2. The van der Waals surface area contributed by atoms with Gasteiger partial charge in [0.25, 0.3) is 0 Å². The van der Waals surface area contributed by atoms with Gasteiger partial charge in [-0.1, -0.05) is 6.92 Å². The van der Waals surface area contributed by atoms with E-state index in [4.69, 9.17) is 0 Å². The molecule has 1 atom stereocenters. The highest BCUT2D eigenvalue weighted by molar-refractivity contribution is 5.89. The molecule has 3 aliphatic rings. The maximum atomic E-state index is 12.5. The van der Waals surface area contributed by atoms with Gasteiger partial charge in [-0.05, 0) is 25.8 Å². The van der Waals surface area contributed by atoms with E-state index >= 15 is 0 Å². The highest BCUT2D eigenvalue weighted by Crippen LogP contribution is 2.33. The lowest BCUT2D eigenvalue weighted by atomic mass is 10.1.